The monoisotopic (exact) mass is 415 g/mol. The Bertz CT molecular complexity index is 1180. The van der Waals surface area contributed by atoms with Gasteiger partial charge in [0.15, 0.2) is 0 Å². The number of benzene rings is 3. The van der Waals surface area contributed by atoms with E-state index < -0.39 is 34.2 Å². The van der Waals surface area contributed by atoms with Gasteiger partial charge < -0.3 is 0 Å². The molecule has 0 bridgehead atoms. The van der Waals surface area contributed by atoms with Crippen molar-refractivity contribution in [2.45, 2.75) is 4.90 Å². The van der Waals surface area contributed by atoms with Crippen molar-refractivity contribution in [2.75, 3.05) is 13.6 Å². The molecule has 150 valence electrons. The molecular weight excluding hydrogens is 397 g/mol. The number of rotatable bonds is 5. The van der Waals surface area contributed by atoms with Gasteiger partial charge in [0.2, 0.25) is 10.0 Å². The van der Waals surface area contributed by atoms with E-state index in [2.05, 4.69) is 10.9 Å². The molecule has 0 atom stereocenters. The minimum absolute atomic E-state index is 0.0434. The van der Waals surface area contributed by atoms with E-state index in [0.717, 1.165) is 21.1 Å². The van der Waals surface area contributed by atoms with Crippen LogP contribution in [-0.4, -0.2) is 38.1 Å². The molecule has 0 spiro atoms. The van der Waals surface area contributed by atoms with E-state index in [1.54, 1.807) is 18.2 Å². The number of fused-ring (bicyclic) bond motifs is 1. The van der Waals surface area contributed by atoms with Crippen molar-refractivity contribution >= 4 is 32.6 Å². The Morgan fingerprint density at radius 3 is 2.31 bits per heavy atom. The molecule has 29 heavy (non-hydrogen) atoms. The van der Waals surface area contributed by atoms with E-state index >= 15 is 0 Å². The molecule has 0 aliphatic carbocycles. The number of likely N-dealkylation sites (N-methyl/N-ethyl adjacent to an activating group) is 1. The largest absolute Gasteiger partial charge is 0.272 e. The first-order valence-corrected chi connectivity index (χ1v) is 10.0. The Labute approximate surface area is 167 Å². The van der Waals surface area contributed by atoms with Crippen molar-refractivity contribution in [3.63, 3.8) is 0 Å². The summed E-state index contributed by atoms with van der Waals surface area (Å²) in [5.74, 6) is -2.37. The summed E-state index contributed by atoms with van der Waals surface area (Å²) < 4.78 is 39.9. The number of sulfonamides is 1. The average Bonchev–Trinajstić information content (AvgIpc) is 2.72. The molecular formula is C20H18FN3O4S. The summed E-state index contributed by atoms with van der Waals surface area (Å²) in [6.45, 7) is -0.535. The molecule has 2 N–H and O–H groups in total. The minimum atomic E-state index is -3.92. The lowest BCUT2D eigenvalue weighted by Crippen LogP contribution is -2.46. The lowest BCUT2D eigenvalue weighted by Gasteiger charge is -2.17. The third-order valence-corrected chi connectivity index (χ3v) is 6.03. The van der Waals surface area contributed by atoms with Gasteiger partial charge in [-0.25, -0.2) is 12.8 Å². The summed E-state index contributed by atoms with van der Waals surface area (Å²) in [5.41, 5.74) is 3.90. The second kappa shape index (κ2) is 8.38. The summed E-state index contributed by atoms with van der Waals surface area (Å²) in [4.78, 5) is 24.0. The van der Waals surface area contributed by atoms with Crippen LogP contribution < -0.4 is 10.9 Å². The molecule has 0 aliphatic rings. The fourth-order valence-electron chi connectivity index (χ4n) is 2.67. The van der Waals surface area contributed by atoms with Crippen LogP contribution in [0, 0.1) is 5.82 Å². The second-order valence-corrected chi connectivity index (χ2v) is 8.30. The number of nitrogens with zero attached hydrogens (tertiary/aromatic N) is 1. The molecule has 3 aromatic carbocycles. The summed E-state index contributed by atoms with van der Waals surface area (Å²) in [6, 6.07) is 17.3. The Morgan fingerprint density at radius 2 is 1.59 bits per heavy atom. The molecule has 0 aromatic heterocycles. The molecule has 7 nitrogen and oxygen atoms in total. The zero-order valence-corrected chi connectivity index (χ0v) is 16.2. The number of hydrogen-bond acceptors (Lipinski definition) is 4. The van der Waals surface area contributed by atoms with Crippen LogP contribution in [0.15, 0.2) is 71.6 Å². The van der Waals surface area contributed by atoms with Gasteiger partial charge in [-0.2, -0.15) is 4.31 Å². The maximum absolute atomic E-state index is 13.6. The zero-order chi connectivity index (χ0) is 21.0. The number of hydrazine groups is 1. The molecule has 3 rings (SSSR count). The lowest BCUT2D eigenvalue weighted by molar-refractivity contribution is -0.121. The van der Waals surface area contributed by atoms with Crippen molar-refractivity contribution in [3.05, 3.63) is 78.1 Å². The molecule has 0 unspecified atom stereocenters. The minimum Gasteiger partial charge on any atom is -0.272 e. The Hall–Kier alpha value is -3.30. The number of carbonyl (C=O) groups is 2. The summed E-state index contributed by atoms with van der Waals surface area (Å²) >= 11 is 0. The first kappa shape index (κ1) is 20.4. The van der Waals surface area contributed by atoms with Crippen LogP contribution in [0.4, 0.5) is 4.39 Å². The van der Waals surface area contributed by atoms with E-state index in [4.69, 9.17) is 0 Å². The van der Waals surface area contributed by atoms with Gasteiger partial charge in [-0.1, -0.05) is 42.5 Å². The van der Waals surface area contributed by atoms with Crippen LogP contribution in [0.3, 0.4) is 0 Å². The number of hydrogen-bond donors (Lipinski definition) is 2. The smallest absolute Gasteiger partial charge is 0.272 e. The number of halogens is 1. The second-order valence-electron chi connectivity index (χ2n) is 6.25. The number of nitrogens with one attached hydrogen (secondary N) is 2. The topological polar surface area (TPSA) is 95.6 Å². The molecule has 0 fully saturated rings. The third kappa shape index (κ3) is 4.58. The molecule has 2 amide bonds. The van der Waals surface area contributed by atoms with Crippen LogP contribution in [0.25, 0.3) is 10.8 Å². The van der Waals surface area contributed by atoms with Gasteiger partial charge in [-0.3, -0.25) is 20.4 Å². The number of amides is 2. The third-order valence-electron chi connectivity index (χ3n) is 4.23. The van der Waals surface area contributed by atoms with Crippen molar-refractivity contribution in [1.29, 1.82) is 0 Å². The van der Waals surface area contributed by atoms with Gasteiger partial charge in [-0.15, -0.1) is 0 Å². The fraction of sp³-hybridized carbons (Fsp3) is 0.100. The summed E-state index contributed by atoms with van der Waals surface area (Å²) in [7, 11) is -2.67. The normalized spacial score (nSPS) is 11.4. The number of carbonyl (C=O) groups excluding carboxylic acids is 2. The van der Waals surface area contributed by atoms with Crippen molar-refractivity contribution in [2.24, 2.45) is 0 Å². The predicted molar refractivity (Wildman–Crippen MR) is 106 cm³/mol. The Morgan fingerprint density at radius 1 is 0.931 bits per heavy atom. The van der Waals surface area contributed by atoms with Gasteiger partial charge >= 0.3 is 0 Å². The van der Waals surface area contributed by atoms with Crippen molar-refractivity contribution in [1.82, 2.24) is 15.2 Å². The highest BCUT2D eigenvalue weighted by Gasteiger charge is 2.23. The van der Waals surface area contributed by atoms with E-state index in [1.165, 1.54) is 37.4 Å². The fourth-order valence-corrected chi connectivity index (χ4v) is 3.84. The Kier molecular flexibility index (Phi) is 5.90. The highest BCUT2D eigenvalue weighted by Crippen LogP contribution is 2.21. The van der Waals surface area contributed by atoms with Gasteiger partial charge in [0.25, 0.3) is 11.8 Å². The molecule has 0 heterocycles. The highest BCUT2D eigenvalue weighted by molar-refractivity contribution is 7.89. The van der Waals surface area contributed by atoms with E-state index in [1.807, 2.05) is 12.1 Å². The molecule has 3 aromatic rings. The highest BCUT2D eigenvalue weighted by atomic mass is 32.2. The van der Waals surface area contributed by atoms with Gasteiger partial charge in [0, 0.05) is 7.05 Å². The first-order chi connectivity index (χ1) is 13.8. The molecule has 0 saturated carbocycles. The predicted octanol–water partition coefficient (Wildman–Crippen LogP) is 2.06. The van der Waals surface area contributed by atoms with Crippen LogP contribution in [0.2, 0.25) is 0 Å². The molecule has 0 radical (unpaired) electrons. The molecule has 0 saturated heterocycles. The Balaban J connectivity index is 1.65. The van der Waals surface area contributed by atoms with Crippen LogP contribution in [0.1, 0.15) is 10.4 Å². The van der Waals surface area contributed by atoms with Crippen molar-refractivity contribution < 1.29 is 22.4 Å². The van der Waals surface area contributed by atoms with Gasteiger partial charge in [-0.05, 0) is 35.0 Å². The lowest BCUT2D eigenvalue weighted by atomic mass is 10.1. The summed E-state index contributed by atoms with van der Waals surface area (Å²) in [5, 5.41) is 1.64. The zero-order valence-electron chi connectivity index (χ0n) is 15.4. The summed E-state index contributed by atoms with van der Waals surface area (Å²) in [6.07, 6.45) is 0. The van der Waals surface area contributed by atoms with Crippen LogP contribution in [0.5, 0.6) is 0 Å². The SMILES string of the molecule is CN(CC(=O)NNC(=O)c1ccccc1F)S(=O)(=O)c1ccc2ccccc2c1. The van der Waals surface area contributed by atoms with E-state index in [-0.39, 0.29) is 10.5 Å². The van der Waals surface area contributed by atoms with Crippen LogP contribution in [-0.2, 0) is 14.8 Å². The van der Waals surface area contributed by atoms with Crippen LogP contribution >= 0.6 is 0 Å². The maximum atomic E-state index is 13.6. The molecule has 9 heteroatoms. The van der Waals surface area contributed by atoms with Gasteiger partial charge in [0.05, 0.1) is 17.0 Å². The van der Waals surface area contributed by atoms with Gasteiger partial charge in [0.1, 0.15) is 5.82 Å². The molecule has 0 aliphatic heterocycles. The van der Waals surface area contributed by atoms with Crippen molar-refractivity contribution in [3.8, 4) is 0 Å². The quantitative estimate of drug-likeness (QED) is 0.624. The average molecular weight is 415 g/mol. The first-order valence-electron chi connectivity index (χ1n) is 8.58. The van der Waals surface area contributed by atoms with E-state index in [9.17, 15) is 22.4 Å². The van der Waals surface area contributed by atoms with E-state index in [0.29, 0.717) is 0 Å². The maximum Gasteiger partial charge on any atom is 0.272 e. The standard InChI is InChI=1S/C20H18FN3O4S/c1-24(13-19(25)22-23-20(26)17-8-4-5-9-18(17)21)29(27,28)16-11-10-14-6-2-3-7-15(14)12-16/h2-12H,13H2,1H3,(H,22,25)(H,23,26).